The van der Waals surface area contributed by atoms with Crippen molar-refractivity contribution < 1.29 is 5.11 Å². The topological polar surface area (TPSA) is 65.1 Å². The van der Waals surface area contributed by atoms with E-state index in [1.165, 1.54) is 5.56 Å². The van der Waals surface area contributed by atoms with Gasteiger partial charge in [-0.25, -0.2) is 4.98 Å². The second-order valence-corrected chi connectivity index (χ2v) is 6.68. The van der Waals surface area contributed by atoms with Crippen molar-refractivity contribution in [3.8, 4) is 0 Å². The summed E-state index contributed by atoms with van der Waals surface area (Å²) < 4.78 is 2.06. The number of aliphatic hydroxyl groups is 1. The van der Waals surface area contributed by atoms with E-state index < -0.39 is 0 Å². The lowest BCUT2D eigenvalue weighted by Gasteiger charge is -2.19. The molecular formula is C21H22N4O. The number of fused-ring (bicyclic) bond motifs is 1. The summed E-state index contributed by atoms with van der Waals surface area (Å²) in [7, 11) is 0. The largest absolute Gasteiger partial charge is 0.510 e. The molecule has 4 rings (SSSR count). The first-order chi connectivity index (χ1) is 12.6. The molecule has 5 heteroatoms. The van der Waals surface area contributed by atoms with E-state index >= 15 is 0 Å². The summed E-state index contributed by atoms with van der Waals surface area (Å²) in [6, 6.07) is 16.2. The van der Waals surface area contributed by atoms with Crippen molar-refractivity contribution in [2.24, 2.45) is 0 Å². The van der Waals surface area contributed by atoms with Crippen molar-refractivity contribution in [2.75, 3.05) is 6.54 Å². The Kier molecular flexibility index (Phi) is 3.99. The molecule has 1 aliphatic heterocycles. The van der Waals surface area contributed by atoms with E-state index in [1.807, 2.05) is 29.2 Å². The van der Waals surface area contributed by atoms with Crippen LogP contribution in [0.5, 0.6) is 0 Å². The van der Waals surface area contributed by atoms with Gasteiger partial charge >= 0.3 is 0 Å². The highest BCUT2D eigenvalue weighted by Crippen LogP contribution is 2.30. The number of nitrogens with zero attached hydrogens (tertiary/aromatic N) is 3. The van der Waals surface area contributed by atoms with Crippen LogP contribution >= 0.6 is 0 Å². The Hall–Kier alpha value is -3.08. The molecule has 1 aliphatic rings. The van der Waals surface area contributed by atoms with Crippen LogP contribution in [0.3, 0.4) is 0 Å². The Balaban J connectivity index is 1.68. The monoisotopic (exact) mass is 346 g/mol. The Bertz CT molecular complexity index is 1010. The van der Waals surface area contributed by atoms with Crippen molar-refractivity contribution in [1.29, 1.82) is 5.41 Å². The van der Waals surface area contributed by atoms with Crippen LogP contribution in [0.25, 0.3) is 16.6 Å². The van der Waals surface area contributed by atoms with Gasteiger partial charge in [0.1, 0.15) is 17.4 Å². The van der Waals surface area contributed by atoms with Crippen LogP contribution in [-0.2, 0) is 13.1 Å². The molecule has 2 aromatic carbocycles. The van der Waals surface area contributed by atoms with Crippen LogP contribution in [0.15, 0.2) is 54.3 Å². The molecule has 0 amide bonds. The quantitative estimate of drug-likeness (QED) is 0.746. The molecule has 26 heavy (non-hydrogen) atoms. The SMILES string of the molecule is CCn1c(C2=C(O)CN(Cc3ccc(C)cc3)C2=N)nc2ccccc21. The van der Waals surface area contributed by atoms with Gasteiger partial charge in [0.2, 0.25) is 0 Å². The Morgan fingerprint density at radius 2 is 1.85 bits per heavy atom. The van der Waals surface area contributed by atoms with Crippen LogP contribution in [0, 0.1) is 12.3 Å². The van der Waals surface area contributed by atoms with Gasteiger partial charge in [-0.1, -0.05) is 42.0 Å². The third-order valence-electron chi connectivity index (χ3n) is 4.87. The maximum atomic E-state index is 10.6. The summed E-state index contributed by atoms with van der Waals surface area (Å²) in [6.07, 6.45) is 0. The Morgan fingerprint density at radius 1 is 1.12 bits per heavy atom. The number of aryl methyl sites for hydroxylation is 2. The van der Waals surface area contributed by atoms with Crippen molar-refractivity contribution in [3.63, 3.8) is 0 Å². The first-order valence-corrected chi connectivity index (χ1v) is 8.85. The lowest BCUT2D eigenvalue weighted by atomic mass is 10.1. The predicted molar refractivity (Wildman–Crippen MR) is 104 cm³/mol. The van der Waals surface area contributed by atoms with Crippen molar-refractivity contribution in [1.82, 2.24) is 14.5 Å². The summed E-state index contributed by atoms with van der Waals surface area (Å²) in [5, 5.41) is 19.2. The molecular weight excluding hydrogens is 324 g/mol. The number of hydrogen-bond donors (Lipinski definition) is 2. The Morgan fingerprint density at radius 3 is 2.58 bits per heavy atom. The van der Waals surface area contributed by atoms with Gasteiger partial charge in [-0.2, -0.15) is 0 Å². The number of para-hydroxylation sites is 2. The summed E-state index contributed by atoms with van der Waals surface area (Å²) >= 11 is 0. The summed E-state index contributed by atoms with van der Waals surface area (Å²) in [5.74, 6) is 1.21. The van der Waals surface area contributed by atoms with Gasteiger partial charge in [-0.15, -0.1) is 0 Å². The zero-order valence-corrected chi connectivity index (χ0v) is 15.0. The van der Waals surface area contributed by atoms with E-state index in [-0.39, 0.29) is 5.76 Å². The van der Waals surface area contributed by atoms with Crippen LogP contribution < -0.4 is 0 Å². The minimum Gasteiger partial charge on any atom is -0.510 e. The molecule has 0 spiro atoms. The molecule has 0 saturated carbocycles. The second kappa shape index (κ2) is 6.33. The van der Waals surface area contributed by atoms with Crippen molar-refractivity contribution in [2.45, 2.75) is 26.9 Å². The number of nitrogens with one attached hydrogen (secondary N) is 1. The fraction of sp³-hybridized carbons (Fsp3) is 0.238. The van der Waals surface area contributed by atoms with E-state index in [0.29, 0.717) is 30.3 Å². The number of aromatic nitrogens is 2. The minimum absolute atomic E-state index is 0.215. The summed E-state index contributed by atoms with van der Waals surface area (Å²) in [5.41, 5.74) is 4.78. The zero-order valence-electron chi connectivity index (χ0n) is 15.0. The molecule has 132 valence electrons. The van der Waals surface area contributed by atoms with E-state index in [0.717, 1.165) is 23.1 Å². The lowest BCUT2D eigenvalue weighted by Crippen LogP contribution is -2.26. The van der Waals surface area contributed by atoms with E-state index in [1.54, 1.807) is 0 Å². The van der Waals surface area contributed by atoms with Gasteiger partial charge in [0.15, 0.2) is 0 Å². The summed E-state index contributed by atoms with van der Waals surface area (Å²) in [6.45, 7) is 5.78. The molecule has 0 atom stereocenters. The van der Waals surface area contributed by atoms with Gasteiger partial charge in [-0.05, 0) is 31.5 Å². The molecule has 2 heterocycles. The highest BCUT2D eigenvalue weighted by atomic mass is 16.3. The predicted octanol–water partition coefficient (Wildman–Crippen LogP) is 4.13. The van der Waals surface area contributed by atoms with Crippen LogP contribution in [0.4, 0.5) is 0 Å². The zero-order chi connectivity index (χ0) is 18.3. The minimum atomic E-state index is 0.215. The third-order valence-corrected chi connectivity index (χ3v) is 4.87. The molecule has 0 saturated heterocycles. The Labute approximate surface area is 152 Å². The number of rotatable bonds is 4. The van der Waals surface area contributed by atoms with E-state index in [9.17, 15) is 5.11 Å². The molecule has 0 unspecified atom stereocenters. The first-order valence-electron chi connectivity index (χ1n) is 8.85. The van der Waals surface area contributed by atoms with Crippen molar-refractivity contribution in [3.05, 3.63) is 71.2 Å². The van der Waals surface area contributed by atoms with Crippen LogP contribution in [-0.4, -0.2) is 31.9 Å². The molecule has 0 radical (unpaired) electrons. The fourth-order valence-corrected chi connectivity index (χ4v) is 3.50. The van der Waals surface area contributed by atoms with Crippen LogP contribution in [0.2, 0.25) is 0 Å². The maximum absolute atomic E-state index is 10.6. The van der Waals surface area contributed by atoms with Gasteiger partial charge < -0.3 is 14.6 Å². The summed E-state index contributed by atoms with van der Waals surface area (Å²) in [4.78, 5) is 6.58. The molecule has 3 aromatic rings. The molecule has 0 bridgehead atoms. The molecule has 0 fully saturated rings. The van der Waals surface area contributed by atoms with Gasteiger partial charge in [-0.3, -0.25) is 5.41 Å². The number of hydrogen-bond acceptors (Lipinski definition) is 3. The molecule has 5 nitrogen and oxygen atoms in total. The molecule has 1 aromatic heterocycles. The lowest BCUT2D eigenvalue weighted by molar-refractivity contribution is 0.347. The highest BCUT2D eigenvalue weighted by molar-refractivity contribution is 6.23. The smallest absolute Gasteiger partial charge is 0.148 e. The second-order valence-electron chi connectivity index (χ2n) is 6.68. The molecule has 2 N–H and O–H groups in total. The number of imidazole rings is 1. The average molecular weight is 346 g/mol. The standard InChI is InChI=1S/C21H22N4O/c1-3-25-17-7-5-4-6-16(17)23-21(25)19-18(26)13-24(20(19)22)12-15-10-8-14(2)9-11-15/h4-11,22,26H,3,12-13H2,1-2H3. The third kappa shape index (κ3) is 2.65. The van der Waals surface area contributed by atoms with Gasteiger partial charge in [0.25, 0.3) is 0 Å². The number of aliphatic hydroxyl groups excluding tert-OH is 1. The van der Waals surface area contributed by atoms with E-state index in [2.05, 4.69) is 42.7 Å². The van der Waals surface area contributed by atoms with Gasteiger partial charge in [0.05, 0.1) is 23.2 Å². The molecule has 0 aliphatic carbocycles. The average Bonchev–Trinajstić information content (AvgIpc) is 3.13. The van der Waals surface area contributed by atoms with E-state index in [4.69, 9.17) is 10.4 Å². The normalized spacial score (nSPS) is 14.7. The highest BCUT2D eigenvalue weighted by Gasteiger charge is 2.31. The van der Waals surface area contributed by atoms with Gasteiger partial charge in [0, 0.05) is 13.1 Å². The number of benzene rings is 2. The first kappa shape index (κ1) is 16.4. The van der Waals surface area contributed by atoms with Crippen molar-refractivity contribution >= 4 is 22.4 Å². The number of amidine groups is 1. The fourth-order valence-electron chi connectivity index (χ4n) is 3.50. The maximum Gasteiger partial charge on any atom is 0.148 e. The van der Waals surface area contributed by atoms with Crippen LogP contribution in [0.1, 0.15) is 23.9 Å².